The molecule has 2 aromatic carbocycles. The molecule has 4 aromatic rings. The monoisotopic (exact) mass is 457 g/mol. The van der Waals surface area contributed by atoms with Crippen LogP contribution in [0.5, 0.6) is 0 Å². The second-order valence-corrected chi connectivity index (χ2v) is 8.16. The lowest BCUT2D eigenvalue weighted by Gasteiger charge is -2.10. The first kappa shape index (κ1) is 21.6. The molecule has 1 aliphatic heterocycles. The van der Waals surface area contributed by atoms with Crippen LogP contribution in [0.15, 0.2) is 71.5 Å². The fourth-order valence-corrected chi connectivity index (χ4v) is 4.34. The number of rotatable bonds is 6. The Balaban J connectivity index is 1.60. The predicted octanol–water partition coefficient (Wildman–Crippen LogP) is 2.20. The Kier molecular flexibility index (Phi) is 5.69. The van der Waals surface area contributed by atoms with Crippen LogP contribution >= 0.6 is 0 Å². The van der Waals surface area contributed by atoms with Crippen molar-refractivity contribution >= 4 is 23.0 Å². The third-order valence-electron chi connectivity index (χ3n) is 5.99. The highest BCUT2D eigenvalue weighted by Gasteiger charge is 2.25. The molecule has 9 nitrogen and oxygen atoms in total. The number of nitrogens with one attached hydrogen (secondary N) is 2. The lowest BCUT2D eigenvalue weighted by Crippen LogP contribution is -2.30. The Morgan fingerprint density at radius 1 is 1.03 bits per heavy atom. The topological polar surface area (TPSA) is 118 Å². The van der Waals surface area contributed by atoms with E-state index in [1.165, 1.54) is 6.07 Å². The van der Waals surface area contributed by atoms with Gasteiger partial charge in [0.15, 0.2) is 5.65 Å². The van der Waals surface area contributed by atoms with E-state index >= 15 is 0 Å². The highest BCUT2D eigenvalue weighted by Crippen LogP contribution is 2.25. The van der Waals surface area contributed by atoms with E-state index in [1.807, 2.05) is 54.6 Å². The minimum atomic E-state index is -1.14. The van der Waals surface area contributed by atoms with Crippen molar-refractivity contribution in [2.24, 2.45) is 0 Å². The van der Waals surface area contributed by atoms with Crippen molar-refractivity contribution < 1.29 is 14.7 Å². The average Bonchev–Trinajstić information content (AvgIpc) is 3.48. The van der Waals surface area contributed by atoms with Gasteiger partial charge < -0.3 is 15.7 Å². The van der Waals surface area contributed by atoms with E-state index in [2.05, 4.69) is 15.6 Å². The predicted molar refractivity (Wildman–Crippen MR) is 127 cm³/mol. The molecule has 172 valence electrons. The smallest absolute Gasteiger partial charge is 0.335 e. The van der Waals surface area contributed by atoms with Gasteiger partial charge in [-0.25, -0.2) is 9.78 Å². The summed E-state index contributed by atoms with van der Waals surface area (Å²) in [4.78, 5) is 41.3. The fraction of sp³-hybridized carbons (Fsp3) is 0.200. The van der Waals surface area contributed by atoms with Crippen molar-refractivity contribution in [1.82, 2.24) is 24.8 Å². The molecule has 1 atom stereocenters. The van der Waals surface area contributed by atoms with Crippen molar-refractivity contribution in [3.05, 3.63) is 82.9 Å². The van der Waals surface area contributed by atoms with Gasteiger partial charge in [-0.3, -0.25) is 18.7 Å². The van der Waals surface area contributed by atoms with Gasteiger partial charge in [-0.1, -0.05) is 42.5 Å². The largest absolute Gasteiger partial charge is 0.480 e. The molecule has 3 heterocycles. The number of aromatic nitrogens is 3. The van der Waals surface area contributed by atoms with Crippen LogP contribution in [0.4, 0.5) is 0 Å². The SMILES string of the molecule is O=C(O)CNC(=O)c1ccc2c(n1)n([C@H]1CCNC1)c(=O)n2-c1ccc(-c2ccccc2)cc1. The summed E-state index contributed by atoms with van der Waals surface area (Å²) < 4.78 is 3.24. The number of carbonyl (C=O) groups excluding carboxylic acids is 1. The van der Waals surface area contributed by atoms with E-state index in [9.17, 15) is 14.4 Å². The van der Waals surface area contributed by atoms with Crippen LogP contribution in [0.2, 0.25) is 0 Å². The van der Waals surface area contributed by atoms with Gasteiger partial charge in [0.1, 0.15) is 12.2 Å². The zero-order chi connectivity index (χ0) is 23.7. The number of hydrogen-bond donors (Lipinski definition) is 3. The summed E-state index contributed by atoms with van der Waals surface area (Å²) in [7, 11) is 0. The van der Waals surface area contributed by atoms with Crippen molar-refractivity contribution in [2.75, 3.05) is 19.6 Å². The Morgan fingerprint density at radius 2 is 1.76 bits per heavy atom. The van der Waals surface area contributed by atoms with E-state index < -0.39 is 18.4 Å². The number of hydrogen-bond acceptors (Lipinski definition) is 5. The van der Waals surface area contributed by atoms with E-state index in [0.29, 0.717) is 23.4 Å². The van der Waals surface area contributed by atoms with Gasteiger partial charge >= 0.3 is 11.7 Å². The number of aliphatic carboxylic acids is 1. The first-order chi connectivity index (χ1) is 16.5. The van der Waals surface area contributed by atoms with Crippen molar-refractivity contribution in [3.63, 3.8) is 0 Å². The number of amides is 1. The molecule has 34 heavy (non-hydrogen) atoms. The molecule has 1 amide bonds. The lowest BCUT2D eigenvalue weighted by atomic mass is 10.1. The molecule has 0 aliphatic carbocycles. The summed E-state index contributed by atoms with van der Waals surface area (Å²) >= 11 is 0. The molecule has 2 aromatic heterocycles. The van der Waals surface area contributed by atoms with Crippen LogP contribution in [0.25, 0.3) is 28.0 Å². The molecule has 5 rings (SSSR count). The maximum Gasteiger partial charge on any atom is 0.335 e. The number of carboxylic acids is 1. The van der Waals surface area contributed by atoms with Crippen LogP contribution in [0.3, 0.4) is 0 Å². The summed E-state index contributed by atoms with van der Waals surface area (Å²) in [5, 5.41) is 14.4. The highest BCUT2D eigenvalue weighted by molar-refractivity contribution is 5.95. The van der Waals surface area contributed by atoms with Crippen molar-refractivity contribution in [1.29, 1.82) is 0 Å². The second-order valence-electron chi connectivity index (χ2n) is 8.16. The Bertz CT molecular complexity index is 1420. The molecular weight excluding hydrogens is 434 g/mol. The number of nitrogens with zero attached hydrogens (tertiary/aromatic N) is 3. The average molecular weight is 457 g/mol. The number of pyridine rings is 1. The molecule has 0 saturated carbocycles. The fourth-order valence-electron chi connectivity index (χ4n) is 4.34. The van der Waals surface area contributed by atoms with Gasteiger partial charge in [0.25, 0.3) is 5.91 Å². The number of benzene rings is 2. The maximum absolute atomic E-state index is 13.6. The number of fused-ring (bicyclic) bond motifs is 1. The van der Waals surface area contributed by atoms with Crippen molar-refractivity contribution in [2.45, 2.75) is 12.5 Å². The van der Waals surface area contributed by atoms with Gasteiger partial charge in [0.2, 0.25) is 0 Å². The molecule has 0 spiro atoms. The van der Waals surface area contributed by atoms with Crippen LogP contribution in [-0.4, -0.2) is 50.7 Å². The summed E-state index contributed by atoms with van der Waals surface area (Å²) in [5.41, 5.74) is 3.63. The van der Waals surface area contributed by atoms with E-state index in [0.717, 1.165) is 24.1 Å². The van der Waals surface area contributed by atoms with Gasteiger partial charge in [-0.2, -0.15) is 0 Å². The molecule has 0 bridgehead atoms. The molecule has 3 N–H and O–H groups in total. The van der Waals surface area contributed by atoms with Gasteiger partial charge in [0.05, 0.1) is 17.2 Å². The Hall–Kier alpha value is -4.24. The third-order valence-corrected chi connectivity index (χ3v) is 5.99. The number of imidazole rings is 1. The minimum Gasteiger partial charge on any atom is -0.480 e. The molecule has 9 heteroatoms. The quantitative estimate of drug-likeness (QED) is 0.409. The standard InChI is InChI=1S/C25H23N5O4/c31-22(32)15-27-24(33)20-10-11-21-23(28-20)30(19-12-13-26-14-19)25(34)29(21)18-8-6-17(7-9-18)16-4-2-1-3-5-16/h1-11,19,26H,12-15H2,(H,27,33)(H,31,32)/t19-/m0/s1. The minimum absolute atomic E-state index is 0.0602. The van der Waals surface area contributed by atoms with Crippen LogP contribution in [-0.2, 0) is 4.79 Å². The van der Waals surface area contributed by atoms with Crippen LogP contribution in [0, 0.1) is 0 Å². The van der Waals surface area contributed by atoms with E-state index in [4.69, 9.17) is 5.11 Å². The Labute approximate surface area is 194 Å². The molecule has 1 aliphatic rings. The second kappa shape index (κ2) is 8.95. The highest BCUT2D eigenvalue weighted by atomic mass is 16.4. The summed E-state index contributed by atoms with van der Waals surface area (Å²) in [6.45, 7) is 0.907. The Morgan fingerprint density at radius 3 is 2.44 bits per heavy atom. The molecule has 0 radical (unpaired) electrons. The summed E-state index contributed by atoms with van der Waals surface area (Å²) in [5.74, 6) is -1.75. The zero-order valence-electron chi connectivity index (χ0n) is 18.3. The number of carbonyl (C=O) groups is 2. The van der Waals surface area contributed by atoms with Crippen LogP contribution in [0.1, 0.15) is 23.0 Å². The molecule has 0 unspecified atom stereocenters. The van der Waals surface area contributed by atoms with Crippen LogP contribution < -0.4 is 16.3 Å². The maximum atomic E-state index is 13.6. The molecular formula is C25H23N5O4. The first-order valence-electron chi connectivity index (χ1n) is 11.0. The van der Waals surface area contributed by atoms with Crippen molar-refractivity contribution in [3.8, 4) is 16.8 Å². The number of carboxylic acid groups (broad SMARTS) is 1. The summed E-state index contributed by atoms with van der Waals surface area (Å²) in [6, 6.07) is 20.8. The third kappa shape index (κ3) is 3.97. The van der Waals surface area contributed by atoms with Gasteiger partial charge in [0, 0.05) is 6.54 Å². The zero-order valence-corrected chi connectivity index (χ0v) is 18.3. The van der Waals surface area contributed by atoms with E-state index in [1.54, 1.807) is 15.2 Å². The summed E-state index contributed by atoms with van der Waals surface area (Å²) in [6.07, 6.45) is 0.767. The lowest BCUT2D eigenvalue weighted by molar-refractivity contribution is -0.135. The van der Waals surface area contributed by atoms with Gasteiger partial charge in [-0.15, -0.1) is 0 Å². The molecule has 1 saturated heterocycles. The first-order valence-corrected chi connectivity index (χ1v) is 11.0. The molecule has 1 fully saturated rings. The van der Waals surface area contributed by atoms with E-state index in [-0.39, 0.29) is 17.4 Å². The van der Waals surface area contributed by atoms with Gasteiger partial charge in [-0.05, 0) is 48.4 Å². The normalized spacial score (nSPS) is 15.5.